The van der Waals surface area contributed by atoms with Gasteiger partial charge in [0.25, 0.3) is 0 Å². The first-order valence-electron chi connectivity index (χ1n) is 6.87. The molecule has 0 radical (unpaired) electrons. The maximum atomic E-state index is 11.6. The molecule has 0 aromatic heterocycles. The summed E-state index contributed by atoms with van der Waals surface area (Å²) in [5.41, 5.74) is -0.586. The van der Waals surface area contributed by atoms with E-state index in [1.54, 1.807) is 20.8 Å². The van der Waals surface area contributed by atoms with Crippen LogP contribution in [-0.2, 0) is 14.0 Å². The highest BCUT2D eigenvalue weighted by atomic mass is 28.4. The fourth-order valence-electron chi connectivity index (χ4n) is 1.09. The Morgan fingerprint density at radius 2 is 1.70 bits per heavy atom. The van der Waals surface area contributed by atoms with Crippen molar-refractivity contribution in [3.63, 3.8) is 0 Å². The molecule has 118 valence electrons. The van der Waals surface area contributed by atoms with E-state index in [0.29, 0.717) is 6.29 Å². The van der Waals surface area contributed by atoms with Gasteiger partial charge in [-0.25, -0.2) is 4.79 Å². The van der Waals surface area contributed by atoms with Crippen LogP contribution in [0.4, 0.5) is 4.79 Å². The molecular formula is C14H29NO4Si. The smallest absolute Gasteiger partial charge is 0.408 e. The number of carbonyl (C=O) groups excluding carboxylic acids is 2. The Labute approximate surface area is 123 Å². The zero-order valence-corrected chi connectivity index (χ0v) is 15.0. The predicted octanol–water partition coefficient (Wildman–Crippen LogP) is 3.10. The average Bonchev–Trinajstić information content (AvgIpc) is 2.19. The van der Waals surface area contributed by atoms with Gasteiger partial charge in [-0.05, 0) is 38.9 Å². The average molecular weight is 303 g/mol. The van der Waals surface area contributed by atoms with Crippen LogP contribution >= 0.6 is 0 Å². The second-order valence-corrected chi connectivity index (χ2v) is 12.3. The van der Waals surface area contributed by atoms with E-state index in [-0.39, 0.29) is 11.6 Å². The van der Waals surface area contributed by atoms with Crippen molar-refractivity contribution in [2.24, 2.45) is 0 Å². The molecule has 1 atom stereocenters. The van der Waals surface area contributed by atoms with Crippen molar-refractivity contribution < 1.29 is 18.8 Å². The molecule has 0 aliphatic rings. The molecule has 0 aromatic rings. The number of aldehydes is 1. The molecule has 0 rings (SSSR count). The number of ether oxygens (including phenoxy) is 1. The maximum absolute atomic E-state index is 11.6. The van der Waals surface area contributed by atoms with Gasteiger partial charge in [0.05, 0.1) is 6.61 Å². The normalized spacial score (nSPS) is 14.6. The summed E-state index contributed by atoms with van der Waals surface area (Å²) in [6.07, 6.45) is 0.0743. The van der Waals surface area contributed by atoms with Crippen molar-refractivity contribution in [1.82, 2.24) is 5.32 Å². The third kappa shape index (κ3) is 7.05. The number of alkyl carbamates (subject to hydrolysis) is 1. The van der Waals surface area contributed by atoms with Gasteiger partial charge in [0.1, 0.15) is 17.9 Å². The number of amides is 1. The molecule has 0 saturated carbocycles. The Morgan fingerprint density at radius 1 is 1.20 bits per heavy atom. The zero-order chi connectivity index (χ0) is 16.2. The second kappa shape index (κ2) is 6.71. The molecular weight excluding hydrogens is 274 g/mol. The molecule has 1 unspecified atom stereocenters. The van der Waals surface area contributed by atoms with Crippen molar-refractivity contribution in [3.05, 3.63) is 0 Å². The summed E-state index contributed by atoms with van der Waals surface area (Å²) in [6.45, 7) is 16.1. The molecule has 1 N–H and O–H groups in total. The van der Waals surface area contributed by atoms with Gasteiger partial charge in [0, 0.05) is 0 Å². The van der Waals surface area contributed by atoms with E-state index in [2.05, 4.69) is 39.2 Å². The van der Waals surface area contributed by atoms with Gasteiger partial charge in [-0.1, -0.05) is 20.8 Å². The zero-order valence-electron chi connectivity index (χ0n) is 14.0. The number of carbonyl (C=O) groups is 2. The number of hydrogen-bond donors (Lipinski definition) is 1. The monoisotopic (exact) mass is 303 g/mol. The lowest BCUT2D eigenvalue weighted by atomic mass is 10.2. The predicted molar refractivity (Wildman–Crippen MR) is 82.4 cm³/mol. The molecule has 5 nitrogen and oxygen atoms in total. The number of rotatable bonds is 5. The van der Waals surface area contributed by atoms with E-state index in [1.807, 2.05) is 0 Å². The molecule has 0 aliphatic heterocycles. The first-order chi connectivity index (χ1) is 8.78. The minimum absolute atomic E-state index is 0.0619. The maximum Gasteiger partial charge on any atom is 0.408 e. The molecule has 6 heteroatoms. The molecule has 20 heavy (non-hydrogen) atoms. The highest BCUT2D eigenvalue weighted by Gasteiger charge is 2.37. The van der Waals surface area contributed by atoms with Crippen LogP contribution in [0.5, 0.6) is 0 Å². The van der Waals surface area contributed by atoms with E-state index >= 15 is 0 Å². The molecule has 0 spiro atoms. The number of hydrogen-bond acceptors (Lipinski definition) is 4. The van der Waals surface area contributed by atoms with E-state index in [0.717, 1.165) is 0 Å². The number of nitrogens with one attached hydrogen (secondary N) is 1. The summed E-state index contributed by atoms with van der Waals surface area (Å²) in [6, 6.07) is -0.682. The Balaban J connectivity index is 4.45. The standard InChI is InChI=1S/C14H29NO4Si/c1-13(2,3)19-12(17)15-11(9-16)10-18-20(7,8)14(4,5)6/h9,11H,10H2,1-8H3,(H,15,17). The van der Waals surface area contributed by atoms with E-state index < -0.39 is 26.1 Å². The lowest BCUT2D eigenvalue weighted by Crippen LogP contribution is -2.47. The van der Waals surface area contributed by atoms with Crippen molar-refractivity contribution >= 4 is 20.7 Å². The summed E-state index contributed by atoms with van der Waals surface area (Å²) in [4.78, 5) is 22.7. The Morgan fingerprint density at radius 3 is 2.05 bits per heavy atom. The van der Waals surface area contributed by atoms with Gasteiger partial charge in [-0.3, -0.25) is 0 Å². The lowest BCUT2D eigenvalue weighted by Gasteiger charge is -2.36. The summed E-state index contributed by atoms with van der Waals surface area (Å²) in [5, 5.41) is 2.58. The minimum Gasteiger partial charge on any atom is -0.444 e. The highest BCUT2D eigenvalue weighted by molar-refractivity contribution is 6.74. The topological polar surface area (TPSA) is 64.6 Å². The first-order valence-corrected chi connectivity index (χ1v) is 9.78. The van der Waals surface area contributed by atoms with Crippen molar-refractivity contribution in [2.45, 2.75) is 71.3 Å². The lowest BCUT2D eigenvalue weighted by molar-refractivity contribution is -0.110. The van der Waals surface area contributed by atoms with Crippen LogP contribution in [0.25, 0.3) is 0 Å². The second-order valence-electron chi connectivity index (χ2n) is 7.46. The Hall–Kier alpha value is -0.883. The van der Waals surface area contributed by atoms with E-state index in [1.165, 1.54) is 0 Å². The van der Waals surface area contributed by atoms with Crippen LogP contribution in [0.3, 0.4) is 0 Å². The van der Waals surface area contributed by atoms with Crippen LogP contribution < -0.4 is 5.32 Å². The van der Waals surface area contributed by atoms with Crippen LogP contribution in [-0.4, -0.2) is 38.9 Å². The molecule has 0 heterocycles. The van der Waals surface area contributed by atoms with Gasteiger partial charge in [0.2, 0.25) is 0 Å². The van der Waals surface area contributed by atoms with Crippen molar-refractivity contribution in [2.75, 3.05) is 6.61 Å². The van der Waals surface area contributed by atoms with E-state index in [9.17, 15) is 9.59 Å². The van der Waals surface area contributed by atoms with Crippen molar-refractivity contribution in [3.8, 4) is 0 Å². The SMILES string of the molecule is CC(C)(C)OC(=O)NC(C=O)CO[Si](C)(C)C(C)(C)C. The fraction of sp³-hybridized carbons (Fsp3) is 0.857. The van der Waals surface area contributed by atoms with Gasteiger partial charge in [0.15, 0.2) is 8.32 Å². The van der Waals surface area contributed by atoms with Gasteiger partial charge >= 0.3 is 6.09 Å². The van der Waals surface area contributed by atoms with Crippen LogP contribution in [0, 0.1) is 0 Å². The minimum atomic E-state index is -1.93. The summed E-state index contributed by atoms with van der Waals surface area (Å²) in [7, 11) is -1.93. The third-order valence-corrected chi connectivity index (χ3v) is 7.80. The van der Waals surface area contributed by atoms with Crippen LogP contribution in [0.1, 0.15) is 41.5 Å². The van der Waals surface area contributed by atoms with Crippen LogP contribution in [0.2, 0.25) is 18.1 Å². The third-order valence-electron chi connectivity index (χ3n) is 3.30. The molecule has 0 fully saturated rings. The molecule has 0 aromatic carbocycles. The summed E-state index contributed by atoms with van der Waals surface area (Å²) in [5.74, 6) is 0. The van der Waals surface area contributed by atoms with Gasteiger partial charge in [-0.15, -0.1) is 0 Å². The summed E-state index contributed by atoms with van der Waals surface area (Å²) >= 11 is 0. The first kappa shape index (κ1) is 19.1. The largest absolute Gasteiger partial charge is 0.444 e. The fourth-order valence-corrected chi connectivity index (χ4v) is 2.12. The van der Waals surface area contributed by atoms with Gasteiger partial charge < -0.3 is 19.3 Å². The Kier molecular flexibility index (Phi) is 6.42. The van der Waals surface area contributed by atoms with Gasteiger partial charge in [-0.2, -0.15) is 0 Å². The Bertz CT molecular complexity index is 342. The quantitative estimate of drug-likeness (QED) is 0.626. The van der Waals surface area contributed by atoms with Crippen molar-refractivity contribution in [1.29, 1.82) is 0 Å². The van der Waals surface area contributed by atoms with Crippen LogP contribution in [0.15, 0.2) is 0 Å². The molecule has 0 bridgehead atoms. The molecule has 0 aliphatic carbocycles. The molecule has 0 saturated heterocycles. The summed E-state index contributed by atoms with van der Waals surface area (Å²) < 4.78 is 11.0. The highest BCUT2D eigenvalue weighted by Crippen LogP contribution is 2.36. The molecule has 1 amide bonds. The van der Waals surface area contributed by atoms with E-state index in [4.69, 9.17) is 9.16 Å².